The van der Waals surface area contributed by atoms with Crippen molar-refractivity contribution in [1.82, 2.24) is 19.5 Å². The van der Waals surface area contributed by atoms with Crippen LogP contribution in [0.4, 0.5) is 11.6 Å². The van der Waals surface area contributed by atoms with Crippen LogP contribution >= 0.6 is 0 Å². The van der Waals surface area contributed by atoms with Gasteiger partial charge in [0.1, 0.15) is 23.8 Å². The Labute approximate surface area is 113 Å². The fourth-order valence-corrected chi connectivity index (χ4v) is 1.95. The summed E-state index contributed by atoms with van der Waals surface area (Å²) >= 11 is 0. The molecule has 2 heterocycles. The zero-order valence-electron chi connectivity index (χ0n) is 11.6. The van der Waals surface area contributed by atoms with Gasteiger partial charge in [0.05, 0.1) is 6.54 Å². The van der Waals surface area contributed by atoms with E-state index in [1.165, 1.54) is 0 Å². The summed E-state index contributed by atoms with van der Waals surface area (Å²) in [6, 6.07) is 0. The Morgan fingerprint density at radius 2 is 1.84 bits per heavy atom. The van der Waals surface area contributed by atoms with E-state index in [1.807, 2.05) is 17.8 Å². The summed E-state index contributed by atoms with van der Waals surface area (Å²) in [7, 11) is 1.98. The molecule has 6 nitrogen and oxygen atoms in total. The fourth-order valence-electron chi connectivity index (χ4n) is 1.95. The molecule has 6 heteroatoms. The van der Waals surface area contributed by atoms with Crippen LogP contribution in [0.5, 0.6) is 0 Å². The monoisotopic (exact) mass is 260 g/mol. The van der Waals surface area contributed by atoms with Gasteiger partial charge in [0.2, 0.25) is 0 Å². The maximum absolute atomic E-state index is 4.32. The molecule has 0 aromatic carbocycles. The normalized spacial score (nSPS) is 10.5. The Morgan fingerprint density at radius 3 is 2.42 bits per heavy atom. The Bertz CT molecular complexity index is 534. The highest BCUT2D eigenvalue weighted by Gasteiger charge is 2.09. The molecule has 0 aliphatic carbocycles. The first-order valence-corrected chi connectivity index (χ1v) is 6.54. The molecule has 0 radical (unpaired) electrons. The molecule has 19 heavy (non-hydrogen) atoms. The molecule has 0 spiro atoms. The van der Waals surface area contributed by atoms with Gasteiger partial charge in [-0.1, -0.05) is 6.92 Å². The Hall–Kier alpha value is -2.11. The van der Waals surface area contributed by atoms with Gasteiger partial charge in [0.15, 0.2) is 0 Å². The molecule has 0 fully saturated rings. The van der Waals surface area contributed by atoms with E-state index in [0.29, 0.717) is 6.54 Å². The highest BCUT2D eigenvalue weighted by Crippen LogP contribution is 2.20. The van der Waals surface area contributed by atoms with Gasteiger partial charge in [0, 0.05) is 31.5 Å². The third-order valence-electron chi connectivity index (χ3n) is 2.98. The number of hydrogen-bond donors (Lipinski definition) is 2. The van der Waals surface area contributed by atoms with E-state index in [-0.39, 0.29) is 0 Å². The van der Waals surface area contributed by atoms with Gasteiger partial charge >= 0.3 is 0 Å². The Morgan fingerprint density at radius 1 is 1.11 bits per heavy atom. The summed E-state index contributed by atoms with van der Waals surface area (Å²) in [4.78, 5) is 12.9. The second kappa shape index (κ2) is 6.17. The molecule has 0 atom stereocenters. The maximum atomic E-state index is 4.32. The van der Waals surface area contributed by atoms with Crippen molar-refractivity contribution < 1.29 is 0 Å². The summed E-state index contributed by atoms with van der Waals surface area (Å²) in [5.74, 6) is 2.75. The SMILES string of the molecule is CCNc1ncnc(NCc2nccn2C)c1CC. The van der Waals surface area contributed by atoms with Crippen molar-refractivity contribution in [2.24, 2.45) is 7.05 Å². The average molecular weight is 260 g/mol. The third-order valence-corrected chi connectivity index (χ3v) is 2.98. The van der Waals surface area contributed by atoms with Crippen LogP contribution in [-0.2, 0) is 20.0 Å². The smallest absolute Gasteiger partial charge is 0.135 e. The predicted octanol–water partition coefficient (Wildman–Crippen LogP) is 1.82. The van der Waals surface area contributed by atoms with E-state index in [1.54, 1.807) is 12.5 Å². The van der Waals surface area contributed by atoms with Crippen molar-refractivity contribution in [3.05, 3.63) is 30.1 Å². The predicted molar refractivity (Wildman–Crippen MR) is 76.1 cm³/mol. The minimum atomic E-state index is 0.652. The second-order valence-electron chi connectivity index (χ2n) is 4.24. The maximum Gasteiger partial charge on any atom is 0.135 e. The Kier molecular flexibility index (Phi) is 4.33. The van der Waals surface area contributed by atoms with Crippen LogP contribution in [0.1, 0.15) is 25.2 Å². The second-order valence-corrected chi connectivity index (χ2v) is 4.24. The van der Waals surface area contributed by atoms with Crippen molar-refractivity contribution in [3.8, 4) is 0 Å². The van der Waals surface area contributed by atoms with Crippen LogP contribution in [0.15, 0.2) is 18.7 Å². The van der Waals surface area contributed by atoms with Gasteiger partial charge in [-0.25, -0.2) is 15.0 Å². The lowest BCUT2D eigenvalue weighted by Gasteiger charge is -2.13. The number of nitrogens with zero attached hydrogens (tertiary/aromatic N) is 4. The Balaban J connectivity index is 2.15. The summed E-state index contributed by atoms with van der Waals surface area (Å²) in [6.07, 6.45) is 6.19. The number of imidazole rings is 1. The van der Waals surface area contributed by atoms with Crippen molar-refractivity contribution >= 4 is 11.6 Å². The molecule has 2 N–H and O–H groups in total. The topological polar surface area (TPSA) is 67.7 Å². The van der Waals surface area contributed by atoms with Crippen molar-refractivity contribution in [2.75, 3.05) is 17.2 Å². The van der Waals surface area contributed by atoms with E-state index in [2.05, 4.69) is 39.4 Å². The van der Waals surface area contributed by atoms with Crippen LogP contribution in [0, 0.1) is 0 Å². The summed E-state index contributed by atoms with van der Waals surface area (Å²) in [5, 5.41) is 6.59. The van der Waals surface area contributed by atoms with Crippen LogP contribution in [0.2, 0.25) is 0 Å². The lowest BCUT2D eigenvalue weighted by atomic mass is 10.2. The first-order chi connectivity index (χ1) is 9.26. The van der Waals surface area contributed by atoms with E-state index >= 15 is 0 Å². The van der Waals surface area contributed by atoms with E-state index in [9.17, 15) is 0 Å². The van der Waals surface area contributed by atoms with Gasteiger partial charge in [-0.2, -0.15) is 0 Å². The summed E-state index contributed by atoms with van der Waals surface area (Å²) in [6.45, 7) is 5.66. The number of rotatable bonds is 6. The molecule has 2 rings (SSSR count). The number of aryl methyl sites for hydroxylation is 1. The molecule has 0 aliphatic rings. The molecule has 0 saturated carbocycles. The number of nitrogens with one attached hydrogen (secondary N) is 2. The minimum absolute atomic E-state index is 0.652. The van der Waals surface area contributed by atoms with Gasteiger partial charge in [-0.05, 0) is 13.3 Å². The van der Waals surface area contributed by atoms with E-state index in [4.69, 9.17) is 0 Å². The first-order valence-electron chi connectivity index (χ1n) is 6.54. The standard InChI is InChI=1S/C13H20N6/c1-4-10-12(14-5-2)17-9-18-13(10)16-8-11-15-6-7-19(11)3/h6-7,9H,4-5,8H2,1-3H3,(H2,14,16,17,18). The molecule has 2 aromatic rings. The number of anilines is 2. The van der Waals surface area contributed by atoms with Crippen LogP contribution in [0.3, 0.4) is 0 Å². The molecular formula is C13H20N6. The fraction of sp³-hybridized carbons (Fsp3) is 0.462. The van der Waals surface area contributed by atoms with Crippen molar-refractivity contribution in [3.63, 3.8) is 0 Å². The zero-order chi connectivity index (χ0) is 13.7. The average Bonchev–Trinajstić information content (AvgIpc) is 2.82. The molecule has 0 amide bonds. The summed E-state index contributed by atoms with van der Waals surface area (Å²) in [5.41, 5.74) is 1.11. The third kappa shape index (κ3) is 3.01. The number of hydrogen-bond acceptors (Lipinski definition) is 5. The van der Waals surface area contributed by atoms with Crippen LogP contribution < -0.4 is 10.6 Å². The van der Waals surface area contributed by atoms with Crippen LogP contribution in [0.25, 0.3) is 0 Å². The van der Waals surface area contributed by atoms with Crippen molar-refractivity contribution in [2.45, 2.75) is 26.8 Å². The minimum Gasteiger partial charge on any atom is -0.370 e. The van der Waals surface area contributed by atoms with Gasteiger partial charge < -0.3 is 15.2 Å². The lowest BCUT2D eigenvalue weighted by molar-refractivity contribution is 0.809. The first kappa shape index (κ1) is 13.3. The van der Waals surface area contributed by atoms with Gasteiger partial charge in [0.25, 0.3) is 0 Å². The van der Waals surface area contributed by atoms with Gasteiger partial charge in [-0.15, -0.1) is 0 Å². The van der Waals surface area contributed by atoms with Gasteiger partial charge in [-0.3, -0.25) is 0 Å². The molecule has 0 unspecified atom stereocenters. The van der Waals surface area contributed by atoms with Crippen molar-refractivity contribution in [1.29, 1.82) is 0 Å². The lowest BCUT2D eigenvalue weighted by Crippen LogP contribution is -2.11. The molecule has 2 aromatic heterocycles. The molecule has 0 saturated heterocycles. The number of aromatic nitrogens is 4. The highest BCUT2D eigenvalue weighted by molar-refractivity contribution is 5.57. The summed E-state index contributed by atoms with van der Waals surface area (Å²) < 4.78 is 1.99. The van der Waals surface area contributed by atoms with E-state index in [0.717, 1.165) is 36.0 Å². The molecular weight excluding hydrogens is 240 g/mol. The molecule has 102 valence electrons. The molecule has 0 aliphatic heterocycles. The zero-order valence-corrected chi connectivity index (χ0v) is 11.6. The highest BCUT2D eigenvalue weighted by atomic mass is 15.1. The van der Waals surface area contributed by atoms with Crippen LogP contribution in [-0.4, -0.2) is 26.1 Å². The van der Waals surface area contributed by atoms with E-state index < -0.39 is 0 Å². The molecule has 0 bridgehead atoms. The quantitative estimate of drug-likeness (QED) is 0.829. The largest absolute Gasteiger partial charge is 0.370 e.